The minimum Gasteiger partial charge on any atom is -0.480 e. The van der Waals surface area contributed by atoms with Gasteiger partial charge in [0.2, 0.25) is 0 Å². The standard InChI is InChI=1S/C17H18N2O6S/c1-11-7-6-9-14(12(11)2)18(13(3)17(20)21)26(24,25)16-10-5-4-8-15(16)19(22)23/h4-10,13H,1-3H3,(H,20,21). The van der Waals surface area contributed by atoms with Gasteiger partial charge in [0, 0.05) is 6.07 Å². The molecular formula is C17H18N2O6S. The van der Waals surface area contributed by atoms with Gasteiger partial charge in [0.1, 0.15) is 6.04 Å². The van der Waals surface area contributed by atoms with Gasteiger partial charge in [0.25, 0.3) is 15.7 Å². The second kappa shape index (κ2) is 7.12. The number of carbonyl (C=O) groups is 1. The van der Waals surface area contributed by atoms with Crippen molar-refractivity contribution in [2.24, 2.45) is 0 Å². The molecule has 1 atom stereocenters. The molecule has 0 spiro atoms. The van der Waals surface area contributed by atoms with Gasteiger partial charge in [0.15, 0.2) is 4.90 Å². The first kappa shape index (κ1) is 19.4. The summed E-state index contributed by atoms with van der Waals surface area (Å²) in [6.07, 6.45) is 0. The van der Waals surface area contributed by atoms with Gasteiger partial charge in [-0.25, -0.2) is 13.2 Å². The summed E-state index contributed by atoms with van der Waals surface area (Å²) in [6.45, 7) is 4.65. The number of hydrogen-bond acceptors (Lipinski definition) is 5. The van der Waals surface area contributed by atoms with Crippen LogP contribution in [-0.2, 0) is 14.8 Å². The lowest BCUT2D eigenvalue weighted by Gasteiger charge is -2.29. The molecule has 0 amide bonds. The predicted molar refractivity (Wildman–Crippen MR) is 95.8 cm³/mol. The summed E-state index contributed by atoms with van der Waals surface area (Å²) in [6, 6.07) is 8.26. The number of carboxylic acid groups (broad SMARTS) is 1. The third-order valence-corrected chi connectivity index (χ3v) is 6.05. The van der Waals surface area contributed by atoms with Crippen LogP contribution in [-0.4, -0.2) is 30.5 Å². The fraction of sp³-hybridized carbons (Fsp3) is 0.235. The fourth-order valence-corrected chi connectivity index (χ4v) is 4.39. The number of rotatable bonds is 6. The van der Waals surface area contributed by atoms with Crippen LogP contribution in [0.15, 0.2) is 47.4 Å². The minimum absolute atomic E-state index is 0.165. The van der Waals surface area contributed by atoms with E-state index < -0.39 is 37.5 Å². The van der Waals surface area contributed by atoms with Crippen molar-refractivity contribution in [3.8, 4) is 0 Å². The van der Waals surface area contributed by atoms with Crippen LogP contribution >= 0.6 is 0 Å². The number of nitro groups is 1. The van der Waals surface area contributed by atoms with Crippen molar-refractivity contribution in [1.29, 1.82) is 0 Å². The lowest BCUT2D eigenvalue weighted by Crippen LogP contribution is -2.44. The quantitative estimate of drug-likeness (QED) is 0.610. The highest BCUT2D eigenvalue weighted by Gasteiger charge is 2.38. The van der Waals surface area contributed by atoms with Gasteiger partial charge in [-0.05, 0) is 44.0 Å². The molecule has 0 aliphatic heterocycles. The highest BCUT2D eigenvalue weighted by atomic mass is 32.2. The van der Waals surface area contributed by atoms with E-state index in [1.165, 1.54) is 25.1 Å². The zero-order valence-electron chi connectivity index (χ0n) is 14.4. The van der Waals surface area contributed by atoms with E-state index in [1.807, 2.05) is 0 Å². The zero-order valence-corrected chi connectivity index (χ0v) is 15.2. The average molecular weight is 378 g/mol. The Balaban J connectivity index is 2.80. The smallest absolute Gasteiger partial charge is 0.327 e. The average Bonchev–Trinajstić information content (AvgIpc) is 2.58. The van der Waals surface area contributed by atoms with Crippen LogP contribution in [0, 0.1) is 24.0 Å². The molecule has 26 heavy (non-hydrogen) atoms. The SMILES string of the molecule is Cc1cccc(N(C(C)C(=O)O)S(=O)(=O)c2ccccc2[N+](=O)[O-])c1C. The molecule has 0 saturated carbocycles. The summed E-state index contributed by atoms with van der Waals surface area (Å²) >= 11 is 0. The molecule has 0 bridgehead atoms. The van der Waals surface area contributed by atoms with Crippen molar-refractivity contribution in [1.82, 2.24) is 0 Å². The molecule has 0 aliphatic rings. The second-order valence-corrected chi connectivity index (χ2v) is 7.54. The molecule has 138 valence electrons. The third kappa shape index (κ3) is 3.38. The first-order valence-corrected chi connectivity index (χ1v) is 9.10. The Hall–Kier alpha value is -2.94. The van der Waals surface area contributed by atoms with Gasteiger partial charge >= 0.3 is 5.97 Å². The van der Waals surface area contributed by atoms with E-state index in [0.717, 1.165) is 22.0 Å². The van der Waals surface area contributed by atoms with E-state index in [0.29, 0.717) is 5.56 Å². The van der Waals surface area contributed by atoms with Crippen LogP contribution < -0.4 is 4.31 Å². The Labute approximate surface area is 150 Å². The van der Waals surface area contributed by atoms with E-state index in [-0.39, 0.29) is 5.69 Å². The van der Waals surface area contributed by atoms with E-state index in [9.17, 15) is 28.4 Å². The number of aliphatic carboxylic acids is 1. The van der Waals surface area contributed by atoms with Crippen molar-refractivity contribution < 1.29 is 23.2 Å². The van der Waals surface area contributed by atoms with Crippen LogP contribution in [0.1, 0.15) is 18.1 Å². The Morgan fingerprint density at radius 3 is 2.35 bits per heavy atom. The zero-order chi connectivity index (χ0) is 19.6. The molecule has 0 radical (unpaired) electrons. The van der Waals surface area contributed by atoms with Crippen molar-refractivity contribution in [2.75, 3.05) is 4.31 Å². The number of para-hydroxylation sites is 1. The van der Waals surface area contributed by atoms with Crippen molar-refractivity contribution in [3.05, 3.63) is 63.7 Å². The molecule has 8 nitrogen and oxygen atoms in total. The number of hydrogen-bond donors (Lipinski definition) is 1. The topological polar surface area (TPSA) is 118 Å². The molecule has 0 aliphatic carbocycles. The first-order valence-electron chi connectivity index (χ1n) is 7.66. The maximum Gasteiger partial charge on any atom is 0.327 e. The molecule has 0 heterocycles. The van der Waals surface area contributed by atoms with Gasteiger partial charge in [-0.2, -0.15) is 0 Å². The van der Waals surface area contributed by atoms with E-state index in [2.05, 4.69) is 0 Å². The fourth-order valence-electron chi connectivity index (χ4n) is 2.55. The van der Waals surface area contributed by atoms with Gasteiger partial charge in [-0.15, -0.1) is 0 Å². The maximum atomic E-state index is 13.2. The lowest BCUT2D eigenvalue weighted by molar-refractivity contribution is -0.387. The highest BCUT2D eigenvalue weighted by Crippen LogP contribution is 2.34. The third-order valence-electron chi connectivity index (χ3n) is 4.12. The normalized spacial score (nSPS) is 12.4. The van der Waals surface area contributed by atoms with Crippen LogP contribution in [0.5, 0.6) is 0 Å². The molecule has 0 fully saturated rings. The Kier molecular flexibility index (Phi) is 5.31. The molecule has 1 unspecified atom stereocenters. The molecule has 2 rings (SSSR count). The van der Waals surface area contributed by atoms with Crippen LogP contribution in [0.2, 0.25) is 0 Å². The molecule has 2 aromatic rings. The number of carboxylic acids is 1. The minimum atomic E-state index is -4.50. The Morgan fingerprint density at radius 1 is 1.15 bits per heavy atom. The Morgan fingerprint density at radius 2 is 1.77 bits per heavy atom. The summed E-state index contributed by atoms with van der Waals surface area (Å²) in [4.78, 5) is 21.5. The number of nitro benzene ring substituents is 1. The first-order chi connectivity index (χ1) is 12.1. The summed E-state index contributed by atoms with van der Waals surface area (Å²) in [5.41, 5.74) is 0.893. The van der Waals surface area contributed by atoms with Gasteiger partial charge < -0.3 is 5.11 Å². The monoisotopic (exact) mass is 378 g/mol. The van der Waals surface area contributed by atoms with E-state index in [1.54, 1.807) is 26.0 Å². The van der Waals surface area contributed by atoms with Gasteiger partial charge in [-0.3, -0.25) is 14.4 Å². The number of sulfonamides is 1. The second-order valence-electron chi connectivity index (χ2n) is 5.76. The highest BCUT2D eigenvalue weighted by molar-refractivity contribution is 7.93. The lowest BCUT2D eigenvalue weighted by atomic mass is 10.1. The van der Waals surface area contributed by atoms with Crippen molar-refractivity contribution >= 4 is 27.4 Å². The number of aryl methyl sites for hydroxylation is 1. The van der Waals surface area contributed by atoms with Gasteiger partial charge in [-0.1, -0.05) is 24.3 Å². The number of nitrogens with zero attached hydrogens (tertiary/aromatic N) is 2. The predicted octanol–water partition coefficient (Wildman–Crippen LogP) is 2.88. The Bertz CT molecular complexity index is 971. The summed E-state index contributed by atoms with van der Waals surface area (Å²) < 4.78 is 27.2. The maximum absolute atomic E-state index is 13.2. The van der Waals surface area contributed by atoms with Crippen molar-refractivity contribution in [2.45, 2.75) is 31.7 Å². The molecule has 2 aromatic carbocycles. The van der Waals surface area contributed by atoms with Crippen LogP contribution in [0.25, 0.3) is 0 Å². The molecular weight excluding hydrogens is 360 g/mol. The van der Waals surface area contributed by atoms with Crippen molar-refractivity contribution in [3.63, 3.8) is 0 Å². The van der Waals surface area contributed by atoms with Crippen LogP contribution in [0.4, 0.5) is 11.4 Å². The van der Waals surface area contributed by atoms with E-state index >= 15 is 0 Å². The number of benzene rings is 2. The number of anilines is 1. The largest absolute Gasteiger partial charge is 0.480 e. The molecule has 1 N–H and O–H groups in total. The molecule has 0 saturated heterocycles. The van der Waals surface area contributed by atoms with Crippen LogP contribution in [0.3, 0.4) is 0 Å². The summed E-state index contributed by atoms with van der Waals surface area (Å²) in [5, 5.41) is 20.7. The summed E-state index contributed by atoms with van der Waals surface area (Å²) in [7, 11) is -4.50. The summed E-state index contributed by atoms with van der Waals surface area (Å²) in [5.74, 6) is -1.37. The van der Waals surface area contributed by atoms with E-state index in [4.69, 9.17) is 0 Å². The molecule has 0 aromatic heterocycles. The molecule has 9 heteroatoms. The van der Waals surface area contributed by atoms with Gasteiger partial charge in [0.05, 0.1) is 10.6 Å².